The molecule has 0 aliphatic heterocycles. The fraction of sp³-hybridized carbons (Fsp3) is 0.889. The third-order valence-corrected chi connectivity index (χ3v) is 10.5. The standard InChI is InChI=1S/C27H44O6/c1-15(2)6-7-23(31)26(5,32)22-9-11-27(33)17-12-19(28)18-13-20(29)21(30)14-24(18,3)16(17)8-10-25(22,27)4/h12,15-16,18,20-23,29-33H,6-11,13-14H2,1-5H3/t16-,18?,20?,21?,22-,23?,24+,25+,26+,27+/m0/s1. The lowest BCUT2D eigenvalue weighted by molar-refractivity contribution is -0.176. The number of ketones is 1. The molecule has 3 saturated carbocycles. The Bertz CT molecular complexity index is 819. The number of fused-ring (bicyclic) bond motifs is 5. The Kier molecular flexibility index (Phi) is 6.23. The summed E-state index contributed by atoms with van der Waals surface area (Å²) in [5, 5.41) is 55.4. The van der Waals surface area contributed by atoms with Crippen molar-refractivity contribution in [2.45, 2.75) is 115 Å². The van der Waals surface area contributed by atoms with Gasteiger partial charge >= 0.3 is 0 Å². The van der Waals surface area contributed by atoms with E-state index in [1.807, 2.05) is 13.8 Å². The van der Waals surface area contributed by atoms with Crippen LogP contribution in [0.15, 0.2) is 11.6 Å². The Morgan fingerprint density at radius 2 is 1.76 bits per heavy atom. The zero-order valence-corrected chi connectivity index (χ0v) is 20.9. The smallest absolute Gasteiger partial charge is 0.159 e. The van der Waals surface area contributed by atoms with Crippen LogP contribution in [-0.2, 0) is 4.79 Å². The molecule has 4 rings (SSSR count). The van der Waals surface area contributed by atoms with Gasteiger partial charge in [0, 0.05) is 11.3 Å². The molecule has 10 atom stereocenters. The van der Waals surface area contributed by atoms with Crippen molar-refractivity contribution in [2.75, 3.05) is 0 Å². The van der Waals surface area contributed by atoms with Crippen LogP contribution in [-0.4, -0.2) is 60.8 Å². The SMILES string of the molecule is CC(C)CCC(O)[C@](C)(O)[C@H]1CC[C@@]2(O)C3=CC(=O)C4CC(O)C(O)C[C@]4(C)[C@H]3CC[C@]12C. The van der Waals surface area contributed by atoms with Crippen LogP contribution in [0.2, 0.25) is 0 Å². The Labute approximate surface area is 198 Å². The molecule has 0 heterocycles. The van der Waals surface area contributed by atoms with Gasteiger partial charge in [0.15, 0.2) is 5.78 Å². The predicted octanol–water partition coefficient (Wildman–Crippen LogP) is 2.74. The predicted molar refractivity (Wildman–Crippen MR) is 125 cm³/mol. The van der Waals surface area contributed by atoms with Gasteiger partial charge in [-0.2, -0.15) is 0 Å². The first kappa shape index (κ1) is 25.3. The summed E-state index contributed by atoms with van der Waals surface area (Å²) in [6.07, 6.45) is 3.39. The Morgan fingerprint density at radius 1 is 1.09 bits per heavy atom. The minimum absolute atomic E-state index is 0.0463. The van der Waals surface area contributed by atoms with Crippen molar-refractivity contribution < 1.29 is 30.3 Å². The second kappa shape index (κ2) is 8.12. The minimum atomic E-state index is -1.34. The number of rotatable bonds is 5. The summed E-state index contributed by atoms with van der Waals surface area (Å²) in [4.78, 5) is 13.2. The number of carbonyl (C=O) groups excluding carboxylic acids is 1. The van der Waals surface area contributed by atoms with Crippen LogP contribution in [0.25, 0.3) is 0 Å². The monoisotopic (exact) mass is 464 g/mol. The molecule has 5 N–H and O–H groups in total. The van der Waals surface area contributed by atoms with Gasteiger partial charge in [0.1, 0.15) is 0 Å². The second-order valence-electron chi connectivity index (χ2n) is 12.8. The number of hydrogen-bond acceptors (Lipinski definition) is 6. The molecule has 0 aromatic heterocycles. The Hall–Kier alpha value is -0.790. The van der Waals surface area contributed by atoms with Crippen molar-refractivity contribution in [1.29, 1.82) is 0 Å². The van der Waals surface area contributed by atoms with Crippen LogP contribution in [0.4, 0.5) is 0 Å². The van der Waals surface area contributed by atoms with Gasteiger partial charge in [0.25, 0.3) is 0 Å². The Balaban J connectivity index is 1.68. The lowest BCUT2D eigenvalue weighted by Gasteiger charge is -2.60. The molecule has 0 amide bonds. The molecule has 6 heteroatoms. The summed E-state index contributed by atoms with van der Waals surface area (Å²) in [6, 6.07) is 0. The average molecular weight is 465 g/mol. The maximum absolute atomic E-state index is 13.2. The van der Waals surface area contributed by atoms with Gasteiger partial charge < -0.3 is 25.5 Å². The molecule has 3 fully saturated rings. The Morgan fingerprint density at radius 3 is 2.39 bits per heavy atom. The summed E-state index contributed by atoms with van der Waals surface area (Å²) in [5.41, 5.74) is -2.98. The molecule has 0 bridgehead atoms. The molecular formula is C27H44O6. The van der Waals surface area contributed by atoms with Crippen LogP contribution in [0.1, 0.15) is 86.0 Å². The summed E-state index contributed by atoms with van der Waals surface area (Å²) in [5.74, 6) is -0.331. The van der Waals surface area contributed by atoms with E-state index in [4.69, 9.17) is 0 Å². The van der Waals surface area contributed by atoms with Gasteiger partial charge in [-0.3, -0.25) is 4.79 Å². The lowest BCUT2D eigenvalue weighted by Crippen LogP contribution is -2.62. The summed E-state index contributed by atoms with van der Waals surface area (Å²) < 4.78 is 0. The van der Waals surface area contributed by atoms with Gasteiger partial charge in [-0.15, -0.1) is 0 Å². The van der Waals surface area contributed by atoms with Crippen molar-refractivity contribution in [3.05, 3.63) is 11.6 Å². The van der Waals surface area contributed by atoms with Crippen molar-refractivity contribution >= 4 is 5.78 Å². The zero-order valence-electron chi connectivity index (χ0n) is 20.9. The van der Waals surface area contributed by atoms with Gasteiger partial charge in [-0.25, -0.2) is 0 Å². The van der Waals surface area contributed by atoms with E-state index in [0.29, 0.717) is 38.0 Å². The molecule has 0 aromatic rings. The van der Waals surface area contributed by atoms with Crippen molar-refractivity contribution in [2.24, 2.45) is 34.5 Å². The highest BCUT2D eigenvalue weighted by molar-refractivity contribution is 5.95. The van der Waals surface area contributed by atoms with E-state index < -0.39 is 40.3 Å². The molecule has 33 heavy (non-hydrogen) atoms. The highest BCUT2D eigenvalue weighted by atomic mass is 16.3. The minimum Gasteiger partial charge on any atom is -0.390 e. The number of aliphatic hydroxyl groups excluding tert-OH is 3. The van der Waals surface area contributed by atoms with Crippen molar-refractivity contribution in [1.82, 2.24) is 0 Å². The second-order valence-corrected chi connectivity index (χ2v) is 12.8. The number of carbonyl (C=O) groups is 1. The van der Waals surface area contributed by atoms with E-state index in [0.717, 1.165) is 18.4 Å². The average Bonchev–Trinajstić information content (AvgIpc) is 3.00. The van der Waals surface area contributed by atoms with Crippen molar-refractivity contribution in [3.8, 4) is 0 Å². The van der Waals surface area contributed by atoms with Gasteiger partial charge in [-0.1, -0.05) is 27.7 Å². The van der Waals surface area contributed by atoms with Gasteiger partial charge in [0.2, 0.25) is 0 Å². The fourth-order valence-electron chi connectivity index (χ4n) is 8.32. The molecule has 4 aliphatic rings. The largest absolute Gasteiger partial charge is 0.390 e. The summed E-state index contributed by atoms with van der Waals surface area (Å²) >= 11 is 0. The van der Waals surface area contributed by atoms with E-state index in [1.165, 1.54) is 0 Å². The molecule has 4 aliphatic carbocycles. The quantitative estimate of drug-likeness (QED) is 0.427. The lowest BCUT2D eigenvalue weighted by atomic mass is 9.45. The molecule has 4 unspecified atom stereocenters. The normalized spacial score (nSPS) is 47.9. The number of aliphatic hydroxyl groups is 5. The first-order chi connectivity index (χ1) is 15.2. The number of hydrogen-bond donors (Lipinski definition) is 5. The maximum Gasteiger partial charge on any atom is 0.159 e. The highest BCUT2D eigenvalue weighted by Crippen LogP contribution is 2.68. The van der Waals surface area contributed by atoms with Crippen molar-refractivity contribution in [3.63, 3.8) is 0 Å². The van der Waals surface area contributed by atoms with E-state index in [1.54, 1.807) is 13.0 Å². The fourth-order valence-corrected chi connectivity index (χ4v) is 8.32. The maximum atomic E-state index is 13.2. The summed E-state index contributed by atoms with van der Waals surface area (Å²) in [6.45, 7) is 9.96. The third-order valence-electron chi connectivity index (χ3n) is 10.5. The van der Waals surface area contributed by atoms with Crippen LogP contribution >= 0.6 is 0 Å². The molecular weight excluding hydrogens is 420 g/mol. The number of allylic oxidation sites excluding steroid dienone is 1. The topological polar surface area (TPSA) is 118 Å². The van der Waals surface area contributed by atoms with Gasteiger partial charge in [0.05, 0.1) is 29.5 Å². The highest BCUT2D eigenvalue weighted by Gasteiger charge is 2.69. The third kappa shape index (κ3) is 3.58. The van der Waals surface area contributed by atoms with Gasteiger partial charge in [-0.05, 0) is 93.1 Å². The van der Waals surface area contributed by atoms with E-state index in [-0.39, 0.29) is 30.0 Å². The molecule has 0 saturated heterocycles. The zero-order chi connectivity index (χ0) is 24.6. The molecule has 188 valence electrons. The first-order valence-corrected chi connectivity index (χ1v) is 12.9. The molecule has 6 nitrogen and oxygen atoms in total. The van der Waals surface area contributed by atoms with E-state index in [9.17, 15) is 30.3 Å². The van der Waals surface area contributed by atoms with Crippen LogP contribution < -0.4 is 0 Å². The molecule has 0 spiro atoms. The summed E-state index contributed by atoms with van der Waals surface area (Å²) in [7, 11) is 0. The molecule has 0 radical (unpaired) electrons. The molecule has 0 aromatic carbocycles. The van der Waals surface area contributed by atoms with Crippen LogP contribution in [0.5, 0.6) is 0 Å². The van der Waals surface area contributed by atoms with E-state index in [2.05, 4.69) is 13.8 Å². The van der Waals surface area contributed by atoms with Crippen LogP contribution in [0.3, 0.4) is 0 Å². The van der Waals surface area contributed by atoms with E-state index >= 15 is 0 Å². The van der Waals surface area contributed by atoms with Crippen LogP contribution in [0, 0.1) is 34.5 Å². The first-order valence-electron chi connectivity index (χ1n) is 12.9.